The number of amides is 1. The van der Waals surface area contributed by atoms with Crippen LogP contribution in [0.15, 0.2) is 36.7 Å². The predicted molar refractivity (Wildman–Crippen MR) is 98.6 cm³/mol. The number of aromatic nitrogens is 4. The van der Waals surface area contributed by atoms with Crippen LogP contribution in [0.1, 0.15) is 29.8 Å². The molecule has 3 aromatic rings. The molecular weight excluding hydrogens is 437 g/mol. The van der Waals surface area contributed by atoms with E-state index in [1.165, 1.54) is 17.1 Å². The standard InChI is InChI=1S/C17H13Cl2F4N5O/c18-10-3-1-2-9(4-10)6-27-7-11(5-24-27)25-12(29)8-28-15(17(22)23)13(19)14(26-28)16(20)21/h1-5,7,16-17H,6,8H2,(H,25,29). The van der Waals surface area contributed by atoms with Crippen molar-refractivity contribution in [1.82, 2.24) is 19.6 Å². The lowest BCUT2D eigenvalue weighted by Gasteiger charge is -2.07. The van der Waals surface area contributed by atoms with Crippen molar-refractivity contribution in [2.75, 3.05) is 5.32 Å². The lowest BCUT2D eigenvalue weighted by molar-refractivity contribution is -0.117. The summed E-state index contributed by atoms with van der Waals surface area (Å²) < 4.78 is 54.0. The van der Waals surface area contributed by atoms with Crippen molar-refractivity contribution in [1.29, 1.82) is 0 Å². The summed E-state index contributed by atoms with van der Waals surface area (Å²) in [6, 6.07) is 7.12. The van der Waals surface area contributed by atoms with E-state index in [-0.39, 0.29) is 0 Å². The summed E-state index contributed by atoms with van der Waals surface area (Å²) in [6.45, 7) is -0.329. The minimum Gasteiger partial charge on any atom is -0.322 e. The zero-order chi connectivity index (χ0) is 21.1. The van der Waals surface area contributed by atoms with Crippen molar-refractivity contribution in [3.8, 4) is 0 Å². The molecule has 0 saturated heterocycles. The Morgan fingerprint density at radius 1 is 1.17 bits per heavy atom. The highest BCUT2D eigenvalue weighted by atomic mass is 35.5. The zero-order valence-corrected chi connectivity index (χ0v) is 16.0. The van der Waals surface area contributed by atoms with E-state index in [1.807, 2.05) is 6.07 Å². The van der Waals surface area contributed by atoms with Crippen LogP contribution in [-0.2, 0) is 17.9 Å². The normalized spacial score (nSPS) is 11.4. The first-order chi connectivity index (χ1) is 13.7. The fourth-order valence-corrected chi connectivity index (χ4v) is 3.13. The molecule has 2 heterocycles. The molecular formula is C17H13Cl2F4N5O. The SMILES string of the molecule is O=C(Cn1nc(C(F)F)c(Cl)c1C(F)F)Nc1cnn(Cc2cccc(Cl)c2)c1. The number of benzene rings is 1. The number of alkyl halides is 4. The molecule has 0 aliphatic carbocycles. The van der Waals surface area contributed by atoms with Gasteiger partial charge in [-0.05, 0) is 17.7 Å². The molecule has 0 spiro atoms. The Morgan fingerprint density at radius 3 is 2.59 bits per heavy atom. The van der Waals surface area contributed by atoms with E-state index in [0.717, 1.165) is 5.56 Å². The van der Waals surface area contributed by atoms with Crippen molar-refractivity contribution in [3.63, 3.8) is 0 Å². The second kappa shape index (κ2) is 8.83. The lowest BCUT2D eigenvalue weighted by atomic mass is 10.2. The molecule has 0 saturated carbocycles. The van der Waals surface area contributed by atoms with Gasteiger partial charge in [-0.3, -0.25) is 14.2 Å². The molecule has 0 fully saturated rings. The molecule has 2 aromatic heterocycles. The number of rotatable bonds is 7. The molecule has 29 heavy (non-hydrogen) atoms. The largest absolute Gasteiger partial charge is 0.322 e. The van der Waals surface area contributed by atoms with E-state index in [9.17, 15) is 22.4 Å². The van der Waals surface area contributed by atoms with Gasteiger partial charge in [0.15, 0.2) is 0 Å². The maximum Gasteiger partial charge on any atom is 0.283 e. The van der Waals surface area contributed by atoms with Gasteiger partial charge in [0.1, 0.15) is 17.9 Å². The maximum absolute atomic E-state index is 13.1. The third-order valence-corrected chi connectivity index (χ3v) is 4.44. The molecule has 0 aliphatic rings. The number of nitrogens with zero attached hydrogens (tertiary/aromatic N) is 4. The van der Waals surface area contributed by atoms with E-state index < -0.39 is 41.7 Å². The first kappa shape index (κ1) is 21.1. The van der Waals surface area contributed by atoms with E-state index in [4.69, 9.17) is 23.2 Å². The molecule has 1 N–H and O–H groups in total. The number of carbonyl (C=O) groups excluding carboxylic acids is 1. The molecule has 154 valence electrons. The van der Waals surface area contributed by atoms with Crippen molar-refractivity contribution in [2.45, 2.75) is 25.9 Å². The molecule has 0 unspecified atom stereocenters. The van der Waals surface area contributed by atoms with Crippen molar-refractivity contribution in [3.05, 3.63) is 63.7 Å². The predicted octanol–water partition coefficient (Wildman–Crippen LogP) is 4.95. The molecule has 1 amide bonds. The van der Waals surface area contributed by atoms with E-state index in [1.54, 1.807) is 18.2 Å². The van der Waals surface area contributed by atoms with Crippen LogP contribution in [0, 0.1) is 0 Å². The van der Waals surface area contributed by atoms with Crippen molar-refractivity contribution < 1.29 is 22.4 Å². The molecule has 12 heteroatoms. The van der Waals surface area contributed by atoms with E-state index >= 15 is 0 Å². The zero-order valence-electron chi connectivity index (χ0n) is 14.5. The molecule has 0 aliphatic heterocycles. The van der Waals surface area contributed by atoms with Gasteiger partial charge in [0.2, 0.25) is 5.91 Å². The smallest absolute Gasteiger partial charge is 0.283 e. The van der Waals surface area contributed by atoms with Gasteiger partial charge in [0.25, 0.3) is 12.9 Å². The van der Waals surface area contributed by atoms with Crippen LogP contribution in [0.25, 0.3) is 0 Å². The van der Waals surface area contributed by atoms with Gasteiger partial charge in [-0.1, -0.05) is 35.3 Å². The quantitative estimate of drug-likeness (QED) is 0.519. The van der Waals surface area contributed by atoms with Gasteiger partial charge in [0, 0.05) is 11.2 Å². The first-order valence-electron chi connectivity index (χ1n) is 8.13. The van der Waals surface area contributed by atoms with Crippen LogP contribution < -0.4 is 5.32 Å². The minimum atomic E-state index is -3.17. The summed E-state index contributed by atoms with van der Waals surface area (Å²) in [4.78, 5) is 12.2. The van der Waals surface area contributed by atoms with Crippen molar-refractivity contribution in [2.24, 2.45) is 0 Å². The summed E-state index contributed by atoms with van der Waals surface area (Å²) in [5, 5.41) is 9.59. The third-order valence-electron chi connectivity index (χ3n) is 3.81. The lowest BCUT2D eigenvalue weighted by Crippen LogP contribution is -2.21. The Balaban J connectivity index is 1.69. The van der Waals surface area contributed by atoms with Crippen LogP contribution >= 0.6 is 23.2 Å². The summed E-state index contributed by atoms with van der Waals surface area (Å²) in [5.41, 5.74) is -0.758. The first-order valence-corrected chi connectivity index (χ1v) is 8.89. The molecule has 0 bridgehead atoms. The Kier molecular flexibility index (Phi) is 6.43. The average Bonchev–Trinajstić information content (AvgIpc) is 3.18. The van der Waals surface area contributed by atoms with Gasteiger partial charge < -0.3 is 5.32 Å². The highest BCUT2D eigenvalue weighted by Crippen LogP contribution is 2.34. The third kappa shape index (κ3) is 5.07. The van der Waals surface area contributed by atoms with E-state index in [2.05, 4.69) is 15.5 Å². The van der Waals surface area contributed by atoms with E-state index in [0.29, 0.717) is 21.9 Å². The molecule has 0 atom stereocenters. The van der Waals surface area contributed by atoms with Gasteiger partial charge >= 0.3 is 0 Å². The van der Waals surface area contributed by atoms with Gasteiger partial charge in [-0.2, -0.15) is 10.2 Å². The highest BCUT2D eigenvalue weighted by Gasteiger charge is 2.28. The summed E-state index contributed by atoms with van der Waals surface area (Å²) in [6.07, 6.45) is -3.44. The Morgan fingerprint density at radius 2 is 1.93 bits per heavy atom. The van der Waals surface area contributed by atoms with Crippen molar-refractivity contribution >= 4 is 34.8 Å². The summed E-state index contributed by atoms with van der Waals surface area (Å²) in [7, 11) is 0. The van der Waals surface area contributed by atoms with Gasteiger partial charge in [0.05, 0.1) is 23.5 Å². The Labute approximate surface area is 172 Å². The van der Waals surface area contributed by atoms with Crippen LogP contribution in [-0.4, -0.2) is 25.5 Å². The van der Waals surface area contributed by atoms with Gasteiger partial charge in [-0.15, -0.1) is 0 Å². The number of nitrogens with one attached hydrogen (secondary N) is 1. The second-order valence-corrected chi connectivity index (χ2v) is 6.76. The molecule has 0 radical (unpaired) electrons. The molecule has 3 rings (SSSR count). The second-order valence-electron chi connectivity index (χ2n) is 5.95. The van der Waals surface area contributed by atoms with Gasteiger partial charge in [-0.25, -0.2) is 17.6 Å². The monoisotopic (exact) mass is 449 g/mol. The maximum atomic E-state index is 13.1. The molecule has 6 nitrogen and oxygen atoms in total. The number of hydrogen-bond acceptors (Lipinski definition) is 3. The number of carbonyl (C=O) groups is 1. The molecule has 1 aromatic carbocycles. The van der Waals surface area contributed by atoms with Crippen LogP contribution in [0.3, 0.4) is 0 Å². The number of halogens is 6. The van der Waals surface area contributed by atoms with Crippen LogP contribution in [0.5, 0.6) is 0 Å². The Bertz CT molecular complexity index is 1020. The minimum absolute atomic E-state index is 0.294. The number of anilines is 1. The fourth-order valence-electron chi connectivity index (χ4n) is 2.61. The summed E-state index contributed by atoms with van der Waals surface area (Å²) in [5.74, 6) is -0.755. The Hall–Kier alpha value is -2.59. The fraction of sp³-hybridized carbons (Fsp3) is 0.235. The van der Waals surface area contributed by atoms with Crippen LogP contribution in [0.4, 0.5) is 23.2 Å². The average molecular weight is 450 g/mol. The highest BCUT2D eigenvalue weighted by molar-refractivity contribution is 6.32. The topological polar surface area (TPSA) is 64.7 Å². The number of hydrogen-bond donors (Lipinski definition) is 1. The summed E-state index contributed by atoms with van der Waals surface area (Å²) >= 11 is 11.5. The van der Waals surface area contributed by atoms with Crippen LogP contribution in [0.2, 0.25) is 10.0 Å².